The number of anilines is 1. The van der Waals surface area contributed by atoms with Crippen molar-refractivity contribution in [2.45, 2.75) is 132 Å². The van der Waals surface area contributed by atoms with Crippen molar-refractivity contribution in [3.63, 3.8) is 0 Å². The quantitative estimate of drug-likeness (QED) is 0.143. The van der Waals surface area contributed by atoms with E-state index in [9.17, 15) is 19.5 Å². The number of piperazine rings is 1. The van der Waals surface area contributed by atoms with Crippen LogP contribution < -0.4 is 10.5 Å². The van der Waals surface area contributed by atoms with Crippen molar-refractivity contribution in [2.24, 2.45) is 11.8 Å². The summed E-state index contributed by atoms with van der Waals surface area (Å²) in [4.78, 5) is 76.8. The van der Waals surface area contributed by atoms with E-state index in [0.717, 1.165) is 42.6 Å². The van der Waals surface area contributed by atoms with E-state index in [2.05, 4.69) is 81.1 Å². The van der Waals surface area contributed by atoms with Crippen LogP contribution in [0.1, 0.15) is 143 Å². The summed E-state index contributed by atoms with van der Waals surface area (Å²) in [6.45, 7) is 26.5. The molecule has 0 spiro atoms. The van der Waals surface area contributed by atoms with Gasteiger partial charge in [-0.15, -0.1) is 0 Å². The maximum absolute atomic E-state index is 12.2. The van der Waals surface area contributed by atoms with Crippen LogP contribution in [0.5, 0.6) is 5.88 Å². The number of ether oxygens (including phenoxy) is 2. The van der Waals surface area contributed by atoms with Gasteiger partial charge < -0.3 is 29.4 Å². The van der Waals surface area contributed by atoms with Crippen molar-refractivity contribution >= 4 is 58.8 Å². The number of esters is 1. The number of H-pyrrole nitrogens is 1. The van der Waals surface area contributed by atoms with Gasteiger partial charge in [0.05, 0.1) is 24.9 Å². The van der Waals surface area contributed by atoms with Crippen LogP contribution in [0.4, 0.5) is 10.6 Å². The number of aromatic hydroxyl groups is 1. The number of aromatic amines is 1. The summed E-state index contributed by atoms with van der Waals surface area (Å²) in [5.74, 6) is 1.73. The summed E-state index contributed by atoms with van der Waals surface area (Å²) < 4.78 is 10.0. The van der Waals surface area contributed by atoms with E-state index < -0.39 is 5.60 Å². The highest BCUT2D eigenvalue weighted by Gasteiger charge is 2.28. The summed E-state index contributed by atoms with van der Waals surface area (Å²) >= 11 is 18.0. The van der Waals surface area contributed by atoms with Gasteiger partial charge in [0.15, 0.2) is 0 Å². The minimum atomic E-state index is -0.474. The summed E-state index contributed by atoms with van der Waals surface area (Å²) in [6, 6.07) is 0. The average molecular weight is 916 g/mol. The predicted octanol–water partition coefficient (Wildman–Crippen LogP) is 9.24. The Hall–Kier alpha value is -4.37. The van der Waals surface area contributed by atoms with Gasteiger partial charge in [0.2, 0.25) is 5.88 Å². The van der Waals surface area contributed by atoms with Gasteiger partial charge in [-0.25, -0.2) is 29.7 Å². The molecule has 16 nitrogen and oxygen atoms in total. The third-order valence-electron chi connectivity index (χ3n) is 10.1. The van der Waals surface area contributed by atoms with E-state index in [-0.39, 0.29) is 47.4 Å². The van der Waals surface area contributed by atoms with E-state index in [4.69, 9.17) is 49.1 Å². The zero-order valence-corrected chi connectivity index (χ0v) is 40.1. The molecule has 2 N–H and O–H groups in total. The van der Waals surface area contributed by atoms with E-state index in [0.29, 0.717) is 59.0 Å². The summed E-state index contributed by atoms with van der Waals surface area (Å²) in [7, 11) is 1.43. The highest BCUT2D eigenvalue weighted by molar-refractivity contribution is 6.34. The largest absolute Gasteiger partial charge is 0.493 e. The second-order valence-electron chi connectivity index (χ2n) is 15.4. The number of hydrogen-bond acceptors (Lipinski definition) is 14. The standard InChI is InChI=1S/C17H27ClN4O2.C8H10Cl2N2.C8H12N2O2.C8H16O2.CO2/c1-6-12(2)13-14(18)19-11-20-15(13)21-7-9-22(10-8-21)16(23)24-17(3,4)5;1-3-5(2)6-7(9)11-4-12-8(6)10;1-3-5(2)6-7(11)9-4-10-8(6)12;1-5-6(2)7(3)8(9)10-4;2-1-3/h11-12H,6-10H2,1-5H3;4-5H,3H2,1-2H3;4-5H,3H2,1-2H3,(H2,9,10,11,12);6-7H,5H2,1-4H3;/t12-;2*5-;6-,7?;/m1111./s1. The Kier molecular flexibility index (Phi) is 26.9. The van der Waals surface area contributed by atoms with Gasteiger partial charge in [-0.2, -0.15) is 9.59 Å². The molecule has 1 fully saturated rings. The lowest BCUT2D eigenvalue weighted by Gasteiger charge is -2.37. The Morgan fingerprint density at radius 3 is 1.64 bits per heavy atom. The number of halogens is 3. The third kappa shape index (κ3) is 19.5. The van der Waals surface area contributed by atoms with Crippen LogP contribution >= 0.6 is 34.8 Å². The number of hydrogen-bond donors (Lipinski definition) is 2. The zero-order valence-electron chi connectivity index (χ0n) is 37.8. The molecular weight excluding hydrogens is 851 g/mol. The van der Waals surface area contributed by atoms with Crippen LogP contribution in [0.15, 0.2) is 23.8 Å². The van der Waals surface area contributed by atoms with Crippen molar-refractivity contribution in [1.82, 2.24) is 34.8 Å². The normalized spacial score (nSPS) is 14.5. The number of carbonyl (C=O) groups excluding carboxylic acids is 4. The van der Waals surface area contributed by atoms with E-state index in [1.165, 1.54) is 26.1 Å². The number of aromatic nitrogens is 6. The van der Waals surface area contributed by atoms with Gasteiger partial charge in [-0.3, -0.25) is 9.59 Å². The predicted molar refractivity (Wildman–Crippen MR) is 237 cm³/mol. The lowest BCUT2D eigenvalue weighted by Crippen LogP contribution is -2.50. The Morgan fingerprint density at radius 1 is 0.770 bits per heavy atom. The van der Waals surface area contributed by atoms with Crippen molar-refractivity contribution < 1.29 is 33.8 Å². The molecule has 3 aromatic heterocycles. The fourth-order valence-electron chi connectivity index (χ4n) is 5.46. The summed E-state index contributed by atoms with van der Waals surface area (Å²) in [5, 5.41) is 10.7. The number of amides is 1. The second-order valence-corrected chi connectivity index (χ2v) is 16.5. The maximum Gasteiger partial charge on any atom is 0.410 e. The number of carbonyl (C=O) groups is 2. The monoisotopic (exact) mass is 914 g/mol. The van der Waals surface area contributed by atoms with Crippen molar-refractivity contribution in [1.29, 1.82) is 0 Å². The molecule has 0 saturated carbocycles. The Morgan fingerprint density at radius 2 is 1.21 bits per heavy atom. The van der Waals surface area contributed by atoms with E-state index >= 15 is 0 Å². The molecular formula is C42H65Cl3N8O8. The molecule has 1 aliphatic rings. The van der Waals surface area contributed by atoms with Gasteiger partial charge >= 0.3 is 18.2 Å². The lowest BCUT2D eigenvalue weighted by atomic mass is 9.94. The van der Waals surface area contributed by atoms with Crippen LogP contribution in [0.2, 0.25) is 15.5 Å². The average Bonchev–Trinajstić information content (AvgIpc) is 3.22. The maximum atomic E-state index is 12.2. The fourth-order valence-corrected chi connectivity index (χ4v) is 6.46. The SMILES string of the molecule is CC[C@@H](C)C(C)C(=O)OC.CC[C@@H](C)c1c(Cl)ncnc1Cl.CC[C@@H](C)c1c(Cl)ncnc1N1CCN(C(=O)OC(C)(C)C)CC1.CC[C@@H](C)c1c(O)nc[nH]c1=O.O=C=O. The molecule has 1 unspecified atom stereocenters. The van der Waals surface area contributed by atoms with E-state index in [1.54, 1.807) is 4.90 Å². The van der Waals surface area contributed by atoms with Crippen LogP contribution in [0.25, 0.3) is 0 Å². The van der Waals surface area contributed by atoms with Crippen molar-refractivity contribution in [3.05, 3.63) is 61.5 Å². The van der Waals surface area contributed by atoms with Crippen molar-refractivity contribution in [2.75, 3.05) is 38.2 Å². The molecule has 0 aliphatic carbocycles. The molecule has 1 saturated heterocycles. The van der Waals surface area contributed by atoms with Gasteiger partial charge in [0, 0.05) is 37.3 Å². The molecule has 4 rings (SSSR count). The molecule has 19 heteroatoms. The summed E-state index contributed by atoms with van der Waals surface area (Å²) in [5.41, 5.74) is 1.49. The first kappa shape index (κ1) is 56.6. The molecule has 1 amide bonds. The first-order valence-electron chi connectivity index (χ1n) is 20.3. The first-order valence-corrected chi connectivity index (χ1v) is 21.5. The van der Waals surface area contributed by atoms with Gasteiger partial charge in [0.1, 0.15) is 39.5 Å². The smallest absolute Gasteiger partial charge is 0.410 e. The fraction of sp³-hybridized carbons (Fsp3) is 0.643. The van der Waals surface area contributed by atoms with E-state index in [1.807, 2.05) is 41.5 Å². The number of methoxy groups -OCH3 is 1. The molecule has 0 radical (unpaired) electrons. The molecule has 0 aromatic carbocycles. The van der Waals surface area contributed by atoms with Gasteiger partial charge in [-0.1, -0.05) is 104 Å². The minimum absolute atomic E-state index is 0.0370. The second kappa shape index (κ2) is 29.0. The first-order chi connectivity index (χ1) is 28.6. The molecule has 5 atom stereocenters. The molecule has 0 bridgehead atoms. The Bertz CT molecular complexity index is 1850. The van der Waals surface area contributed by atoms with Crippen LogP contribution in [-0.2, 0) is 23.9 Å². The third-order valence-corrected chi connectivity index (χ3v) is 11.0. The number of nitrogens with zero attached hydrogens (tertiary/aromatic N) is 7. The molecule has 61 heavy (non-hydrogen) atoms. The lowest BCUT2D eigenvalue weighted by molar-refractivity contribution is -0.191. The highest BCUT2D eigenvalue weighted by Crippen LogP contribution is 2.33. The van der Waals surface area contributed by atoms with Crippen LogP contribution in [0, 0.1) is 11.8 Å². The Balaban J connectivity index is 0.000000826. The van der Waals surface area contributed by atoms with Crippen LogP contribution in [0.3, 0.4) is 0 Å². The van der Waals surface area contributed by atoms with Gasteiger partial charge in [-0.05, 0) is 63.7 Å². The molecule has 1 aliphatic heterocycles. The minimum Gasteiger partial charge on any atom is -0.493 e. The molecule has 342 valence electrons. The summed E-state index contributed by atoms with van der Waals surface area (Å²) in [6.07, 6.45) is 7.85. The zero-order chi connectivity index (χ0) is 47.0. The highest BCUT2D eigenvalue weighted by atomic mass is 35.5. The number of nitrogens with one attached hydrogen (secondary N) is 1. The van der Waals surface area contributed by atoms with Crippen molar-refractivity contribution in [3.8, 4) is 5.88 Å². The molecule has 3 aromatic rings. The topological polar surface area (TPSA) is 211 Å². The Labute approximate surface area is 375 Å². The van der Waals surface area contributed by atoms with Crippen LogP contribution in [-0.4, -0.2) is 97.0 Å². The molecule has 4 heterocycles. The van der Waals surface area contributed by atoms with Gasteiger partial charge in [0.25, 0.3) is 5.56 Å². The number of rotatable bonds is 10.